The van der Waals surface area contributed by atoms with Crippen LogP contribution in [-0.4, -0.2) is 14.5 Å². The maximum atomic E-state index is 4.93. The molecule has 0 N–H and O–H groups in total. The fourth-order valence-corrected chi connectivity index (χ4v) is 5.97. The Hall–Kier alpha value is -3.50. The van der Waals surface area contributed by atoms with E-state index in [1.54, 1.807) is 0 Å². The van der Waals surface area contributed by atoms with Crippen LogP contribution in [0.5, 0.6) is 0 Å². The molecule has 0 fully saturated rings. The Kier molecular flexibility index (Phi) is 3.26. The van der Waals surface area contributed by atoms with Gasteiger partial charge in [0.15, 0.2) is 0 Å². The van der Waals surface area contributed by atoms with Crippen LogP contribution in [0.3, 0.4) is 0 Å². The highest BCUT2D eigenvalue weighted by Crippen LogP contribution is 2.42. The van der Waals surface area contributed by atoms with Crippen molar-refractivity contribution in [3.63, 3.8) is 0 Å². The van der Waals surface area contributed by atoms with Crippen molar-refractivity contribution < 1.29 is 0 Å². The molecule has 7 rings (SSSR count). The van der Waals surface area contributed by atoms with Gasteiger partial charge >= 0.3 is 0 Å². The van der Waals surface area contributed by atoms with E-state index in [1.165, 1.54) is 36.8 Å². The van der Waals surface area contributed by atoms with E-state index in [2.05, 4.69) is 82.3 Å². The molecule has 1 unspecified atom stereocenters. The molecule has 3 aromatic carbocycles. The highest BCUT2D eigenvalue weighted by Gasteiger charge is 2.28. The van der Waals surface area contributed by atoms with Gasteiger partial charge in [-0.15, -0.1) is 11.3 Å². The minimum Gasteiger partial charge on any atom is -0.323 e. The summed E-state index contributed by atoms with van der Waals surface area (Å²) >= 11 is 1.87. The minimum atomic E-state index is 0.274. The molecule has 142 valence electrons. The summed E-state index contributed by atoms with van der Waals surface area (Å²) in [4.78, 5) is 9.36. The second kappa shape index (κ2) is 6.00. The molecule has 0 amide bonds. The van der Waals surface area contributed by atoms with Crippen molar-refractivity contribution in [1.29, 1.82) is 0 Å². The fourth-order valence-electron chi connectivity index (χ4n) is 4.89. The lowest BCUT2D eigenvalue weighted by atomic mass is 9.86. The van der Waals surface area contributed by atoms with Gasteiger partial charge in [-0.2, -0.15) is 0 Å². The zero-order valence-corrected chi connectivity index (χ0v) is 16.9. The summed E-state index contributed by atoms with van der Waals surface area (Å²) in [6, 6.07) is 26.3. The van der Waals surface area contributed by atoms with E-state index < -0.39 is 0 Å². The maximum absolute atomic E-state index is 4.93. The van der Waals surface area contributed by atoms with E-state index in [0.717, 1.165) is 23.4 Å². The molecule has 30 heavy (non-hydrogen) atoms. The van der Waals surface area contributed by atoms with E-state index in [9.17, 15) is 0 Å². The monoisotopic (exact) mass is 403 g/mol. The number of rotatable bonds is 1. The predicted molar refractivity (Wildman–Crippen MR) is 124 cm³/mol. The third-order valence-electron chi connectivity index (χ3n) is 6.29. The zero-order chi connectivity index (χ0) is 19.7. The van der Waals surface area contributed by atoms with E-state index in [1.807, 2.05) is 23.7 Å². The summed E-state index contributed by atoms with van der Waals surface area (Å²) in [6.45, 7) is 0.889. The lowest BCUT2D eigenvalue weighted by Crippen LogP contribution is -2.18. The van der Waals surface area contributed by atoms with E-state index in [-0.39, 0.29) is 5.92 Å². The second-order valence-corrected chi connectivity index (χ2v) is 8.99. The molecule has 0 saturated heterocycles. The summed E-state index contributed by atoms with van der Waals surface area (Å²) in [5.41, 5.74) is 6.03. The van der Waals surface area contributed by atoms with Gasteiger partial charge in [-0.25, -0.2) is 4.98 Å². The van der Waals surface area contributed by atoms with E-state index >= 15 is 0 Å². The van der Waals surface area contributed by atoms with Crippen molar-refractivity contribution in [2.24, 2.45) is 0 Å². The topological polar surface area (TPSA) is 30.7 Å². The Morgan fingerprint density at radius 3 is 2.73 bits per heavy atom. The number of nitrogens with zero attached hydrogens (tertiary/aromatic N) is 3. The van der Waals surface area contributed by atoms with Crippen LogP contribution in [0, 0.1) is 0 Å². The molecule has 4 heteroatoms. The van der Waals surface area contributed by atoms with Crippen LogP contribution >= 0.6 is 11.3 Å². The lowest BCUT2D eigenvalue weighted by molar-refractivity contribution is 0.625. The molecule has 1 aliphatic rings. The van der Waals surface area contributed by atoms with Crippen LogP contribution in [0.4, 0.5) is 0 Å². The molecule has 0 radical (unpaired) electrons. The Morgan fingerprint density at radius 2 is 1.73 bits per heavy atom. The average molecular weight is 404 g/mol. The van der Waals surface area contributed by atoms with Gasteiger partial charge in [-0.3, -0.25) is 4.98 Å². The number of thiophene rings is 1. The number of hydrogen-bond donors (Lipinski definition) is 0. The van der Waals surface area contributed by atoms with Gasteiger partial charge in [0.05, 0.1) is 11.0 Å². The number of imidazole rings is 1. The van der Waals surface area contributed by atoms with Gasteiger partial charge in [0.2, 0.25) is 0 Å². The van der Waals surface area contributed by atoms with Crippen molar-refractivity contribution in [3.05, 3.63) is 96.3 Å². The smallest absolute Gasteiger partial charge is 0.143 e. The molecule has 0 spiro atoms. The maximum Gasteiger partial charge on any atom is 0.143 e. The molecule has 0 bridgehead atoms. The number of para-hydroxylation sites is 2. The van der Waals surface area contributed by atoms with Gasteiger partial charge in [-0.1, -0.05) is 36.4 Å². The van der Waals surface area contributed by atoms with Crippen LogP contribution in [0.25, 0.3) is 42.6 Å². The lowest BCUT2D eigenvalue weighted by Gasteiger charge is -2.27. The fraction of sp³-hybridized carbons (Fsp3) is 0.0769. The number of hydrogen-bond acceptors (Lipinski definition) is 3. The highest BCUT2D eigenvalue weighted by atomic mass is 32.1. The predicted octanol–water partition coefficient (Wildman–Crippen LogP) is 6.61. The summed E-state index contributed by atoms with van der Waals surface area (Å²) in [5, 5.41) is 2.70. The van der Waals surface area contributed by atoms with Crippen LogP contribution in [0.2, 0.25) is 0 Å². The molecule has 1 atom stereocenters. The molecular formula is C26H17N3S. The number of benzene rings is 3. The largest absolute Gasteiger partial charge is 0.323 e. The summed E-state index contributed by atoms with van der Waals surface area (Å²) < 4.78 is 5.06. The first-order valence-electron chi connectivity index (χ1n) is 10.2. The van der Waals surface area contributed by atoms with Crippen molar-refractivity contribution >= 4 is 42.5 Å². The first kappa shape index (κ1) is 16.3. The van der Waals surface area contributed by atoms with E-state index in [0.29, 0.717) is 0 Å². The van der Waals surface area contributed by atoms with Crippen molar-refractivity contribution in [2.45, 2.75) is 12.5 Å². The zero-order valence-electron chi connectivity index (χ0n) is 16.1. The third-order valence-corrected chi connectivity index (χ3v) is 7.45. The Balaban J connectivity index is 1.48. The molecule has 3 nitrogen and oxygen atoms in total. The molecule has 3 aromatic heterocycles. The molecular weight excluding hydrogens is 386 g/mol. The second-order valence-electron chi connectivity index (χ2n) is 7.90. The van der Waals surface area contributed by atoms with Gasteiger partial charge in [0.25, 0.3) is 0 Å². The molecule has 0 aliphatic carbocycles. The van der Waals surface area contributed by atoms with Gasteiger partial charge in [0.1, 0.15) is 5.82 Å². The van der Waals surface area contributed by atoms with E-state index in [4.69, 9.17) is 4.98 Å². The van der Waals surface area contributed by atoms with Gasteiger partial charge in [-0.05, 0) is 47.5 Å². The first-order chi connectivity index (χ1) is 14.9. The summed E-state index contributed by atoms with van der Waals surface area (Å²) in [7, 11) is 0. The van der Waals surface area contributed by atoms with Crippen LogP contribution in [-0.2, 0) is 6.54 Å². The van der Waals surface area contributed by atoms with Crippen LogP contribution < -0.4 is 0 Å². The Bertz CT molecular complexity index is 1590. The molecule has 0 saturated carbocycles. The van der Waals surface area contributed by atoms with Gasteiger partial charge < -0.3 is 4.57 Å². The number of fused-ring (bicyclic) bond motifs is 8. The number of pyridine rings is 1. The normalized spacial score (nSPS) is 15.5. The van der Waals surface area contributed by atoms with Gasteiger partial charge in [0, 0.05) is 50.6 Å². The van der Waals surface area contributed by atoms with Crippen molar-refractivity contribution in [2.75, 3.05) is 0 Å². The molecule has 6 aromatic rings. The summed E-state index contributed by atoms with van der Waals surface area (Å²) in [6.07, 6.45) is 3.88. The van der Waals surface area contributed by atoms with Crippen molar-refractivity contribution in [1.82, 2.24) is 14.5 Å². The first-order valence-corrected chi connectivity index (χ1v) is 11.0. The summed E-state index contributed by atoms with van der Waals surface area (Å²) in [5.74, 6) is 1.30. The number of aromatic nitrogens is 3. The highest BCUT2D eigenvalue weighted by molar-refractivity contribution is 7.25. The Morgan fingerprint density at radius 1 is 0.867 bits per heavy atom. The van der Waals surface area contributed by atoms with Crippen LogP contribution in [0.1, 0.15) is 17.0 Å². The molecule has 4 heterocycles. The standard InChI is InChI=1S/C26H17N3S/c1-4-8-24-18(5-1)19-13-16(9-10-25(19)30-24)21-15-29-23-7-3-2-6-22(23)28-26(29)20-14-27-12-11-17(20)21/h1-14,21H,15H2. The SMILES string of the molecule is c1ccc2c(c1)nc1n2CC(c2ccc3sc4ccccc4c3c2)c2ccncc2-1. The minimum absolute atomic E-state index is 0.274. The quantitative estimate of drug-likeness (QED) is 0.309. The third kappa shape index (κ3) is 2.20. The van der Waals surface area contributed by atoms with Crippen LogP contribution in [0.15, 0.2) is 85.2 Å². The average Bonchev–Trinajstić information content (AvgIpc) is 3.36. The molecule has 1 aliphatic heterocycles. The Labute approximate surface area is 177 Å². The van der Waals surface area contributed by atoms with Crippen molar-refractivity contribution in [3.8, 4) is 11.4 Å².